The van der Waals surface area contributed by atoms with E-state index < -0.39 is 0 Å². The highest BCUT2D eigenvalue weighted by molar-refractivity contribution is 6.30. The smallest absolute Gasteiger partial charge is 0.125 e. The number of piperidine rings is 1. The minimum Gasteiger partial charge on any atom is -0.487 e. The first-order chi connectivity index (χ1) is 8.19. The van der Waals surface area contributed by atoms with Gasteiger partial charge >= 0.3 is 0 Å². The fourth-order valence-corrected chi connectivity index (χ4v) is 3.06. The Labute approximate surface area is 106 Å². The summed E-state index contributed by atoms with van der Waals surface area (Å²) in [6.45, 7) is 2.02. The summed E-state index contributed by atoms with van der Waals surface area (Å²) in [4.78, 5) is 0. The quantitative estimate of drug-likeness (QED) is 0.745. The number of fused-ring (bicyclic) bond motifs is 1. The van der Waals surface area contributed by atoms with E-state index in [1.54, 1.807) is 0 Å². The van der Waals surface area contributed by atoms with Crippen LogP contribution in [0.5, 0.6) is 5.75 Å². The normalized spacial score (nSPS) is 26.4. The lowest BCUT2D eigenvalue weighted by Crippen LogP contribution is -2.50. The summed E-state index contributed by atoms with van der Waals surface area (Å²) < 4.78 is 6.21. The molecule has 17 heavy (non-hydrogen) atoms. The molecule has 1 unspecified atom stereocenters. The lowest BCUT2D eigenvalue weighted by atomic mass is 9.81. The highest BCUT2D eigenvalue weighted by atomic mass is 35.5. The van der Waals surface area contributed by atoms with Gasteiger partial charge in [-0.15, -0.1) is 0 Å². The molecular formula is C13H17ClN2O. The Morgan fingerprint density at radius 3 is 2.88 bits per heavy atom. The van der Waals surface area contributed by atoms with Gasteiger partial charge in [-0.25, -0.2) is 0 Å². The van der Waals surface area contributed by atoms with Crippen molar-refractivity contribution in [3.05, 3.63) is 28.8 Å². The van der Waals surface area contributed by atoms with Crippen LogP contribution < -0.4 is 15.8 Å². The second-order valence-electron chi connectivity index (χ2n) is 5.03. The molecule has 4 heteroatoms. The molecule has 2 heterocycles. The summed E-state index contributed by atoms with van der Waals surface area (Å²) in [5.41, 5.74) is 7.24. The maximum Gasteiger partial charge on any atom is 0.125 e. The molecule has 3 nitrogen and oxygen atoms in total. The van der Waals surface area contributed by atoms with E-state index >= 15 is 0 Å². The third kappa shape index (κ3) is 2.03. The second kappa shape index (κ2) is 4.16. The molecule has 1 fully saturated rings. The van der Waals surface area contributed by atoms with Crippen LogP contribution in [-0.2, 0) is 0 Å². The van der Waals surface area contributed by atoms with Crippen LogP contribution in [0.25, 0.3) is 0 Å². The predicted octanol–water partition coefficient (Wildman–Crippen LogP) is 2.24. The lowest BCUT2D eigenvalue weighted by Gasteiger charge is -2.43. The number of rotatable bonds is 0. The topological polar surface area (TPSA) is 47.3 Å². The highest BCUT2D eigenvalue weighted by Gasteiger charge is 2.40. The highest BCUT2D eigenvalue weighted by Crippen LogP contribution is 2.43. The standard InChI is InChI=1S/C13H17ClN2O/c14-9-1-2-12-10(7-9)11(15)8-13(17-12)3-5-16-6-4-13/h1-2,7,11,16H,3-6,8,15H2. The summed E-state index contributed by atoms with van der Waals surface area (Å²) in [5, 5.41) is 4.09. The number of hydrogen-bond acceptors (Lipinski definition) is 3. The van der Waals surface area contributed by atoms with E-state index in [-0.39, 0.29) is 11.6 Å². The fraction of sp³-hybridized carbons (Fsp3) is 0.538. The zero-order chi connectivity index (χ0) is 11.9. The first-order valence-corrected chi connectivity index (χ1v) is 6.51. The molecule has 3 rings (SSSR count). The molecule has 1 aromatic carbocycles. The van der Waals surface area contributed by atoms with Crippen molar-refractivity contribution in [2.45, 2.75) is 30.9 Å². The van der Waals surface area contributed by atoms with E-state index in [1.807, 2.05) is 18.2 Å². The van der Waals surface area contributed by atoms with E-state index in [4.69, 9.17) is 22.1 Å². The van der Waals surface area contributed by atoms with Crippen LogP contribution in [0, 0.1) is 0 Å². The predicted molar refractivity (Wildman–Crippen MR) is 68.5 cm³/mol. The number of nitrogens with one attached hydrogen (secondary N) is 1. The number of ether oxygens (including phenoxy) is 1. The molecule has 3 N–H and O–H groups in total. The van der Waals surface area contributed by atoms with E-state index in [9.17, 15) is 0 Å². The number of benzene rings is 1. The third-order valence-corrected chi connectivity index (χ3v) is 4.04. The van der Waals surface area contributed by atoms with Crippen LogP contribution in [0.4, 0.5) is 0 Å². The second-order valence-corrected chi connectivity index (χ2v) is 5.46. The Morgan fingerprint density at radius 2 is 2.12 bits per heavy atom. The molecule has 92 valence electrons. The van der Waals surface area contributed by atoms with Crippen molar-refractivity contribution >= 4 is 11.6 Å². The van der Waals surface area contributed by atoms with E-state index in [2.05, 4.69) is 5.32 Å². The molecule has 0 aliphatic carbocycles. The first-order valence-electron chi connectivity index (χ1n) is 6.13. The number of nitrogens with two attached hydrogens (primary N) is 1. The molecule has 2 aliphatic heterocycles. The molecule has 1 aromatic rings. The van der Waals surface area contributed by atoms with Gasteiger partial charge in [0.15, 0.2) is 0 Å². The Bertz CT molecular complexity index is 429. The molecule has 0 radical (unpaired) electrons. The maximum absolute atomic E-state index is 6.26. The van der Waals surface area contributed by atoms with Crippen LogP contribution in [0.1, 0.15) is 30.9 Å². The summed E-state index contributed by atoms with van der Waals surface area (Å²) >= 11 is 6.00. The van der Waals surface area contributed by atoms with E-state index in [1.165, 1.54) is 0 Å². The Balaban J connectivity index is 1.94. The molecule has 1 atom stereocenters. The molecule has 2 aliphatic rings. The van der Waals surface area contributed by atoms with Crippen LogP contribution in [0.2, 0.25) is 5.02 Å². The zero-order valence-electron chi connectivity index (χ0n) is 9.71. The molecule has 0 saturated carbocycles. The molecule has 0 amide bonds. The van der Waals surface area contributed by atoms with Gasteiger partial charge < -0.3 is 15.8 Å². The number of halogens is 1. The Hall–Kier alpha value is -0.770. The van der Waals surface area contributed by atoms with Crippen molar-refractivity contribution in [1.29, 1.82) is 0 Å². The molecule has 1 spiro atoms. The van der Waals surface area contributed by atoms with Gasteiger partial charge in [-0.05, 0) is 44.1 Å². The molecule has 0 bridgehead atoms. The Kier molecular flexibility index (Phi) is 2.77. The number of hydrogen-bond donors (Lipinski definition) is 2. The lowest BCUT2D eigenvalue weighted by molar-refractivity contribution is 0.00793. The van der Waals surface area contributed by atoms with Crippen molar-refractivity contribution < 1.29 is 4.74 Å². The average Bonchev–Trinajstić information content (AvgIpc) is 2.31. The van der Waals surface area contributed by atoms with Crippen LogP contribution >= 0.6 is 11.6 Å². The van der Waals surface area contributed by atoms with Crippen LogP contribution in [-0.4, -0.2) is 18.7 Å². The van der Waals surface area contributed by atoms with Crippen molar-refractivity contribution in [2.24, 2.45) is 5.73 Å². The average molecular weight is 253 g/mol. The van der Waals surface area contributed by atoms with Gasteiger partial charge in [0, 0.05) is 23.0 Å². The molecule has 0 aromatic heterocycles. The van der Waals surface area contributed by atoms with E-state index in [0.717, 1.165) is 48.7 Å². The van der Waals surface area contributed by atoms with Crippen LogP contribution in [0.3, 0.4) is 0 Å². The summed E-state index contributed by atoms with van der Waals surface area (Å²) in [7, 11) is 0. The van der Waals surface area contributed by atoms with Gasteiger partial charge in [0.1, 0.15) is 11.4 Å². The fourth-order valence-electron chi connectivity index (χ4n) is 2.88. The Morgan fingerprint density at radius 1 is 1.35 bits per heavy atom. The third-order valence-electron chi connectivity index (χ3n) is 3.80. The molecular weight excluding hydrogens is 236 g/mol. The SMILES string of the molecule is NC1CC2(CCNCC2)Oc2ccc(Cl)cc21. The summed E-state index contributed by atoms with van der Waals surface area (Å²) in [5.74, 6) is 0.912. The van der Waals surface area contributed by atoms with Gasteiger partial charge in [-0.2, -0.15) is 0 Å². The minimum atomic E-state index is -0.0640. The maximum atomic E-state index is 6.26. The van der Waals surface area contributed by atoms with Crippen molar-refractivity contribution in [3.63, 3.8) is 0 Å². The van der Waals surface area contributed by atoms with Gasteiger partial charge in [0.2, 0.25) is 0 Å². The zero-order valence-corrected chi connectivity index (χ0v) is 10.5. The van der Waals surface area contributed by atoms with Gasteiger partial charge in [0.25, 0.3) is 0 Å². The monoisotopic (exact) mass is 252 g/mol. The van der Waals surface area contributed by atoms with Crippen LogP contribution in [0.15, 0.2) is 18.2 Å². The molecule has 1 saturated heterocycles. The summed E-state index contributed by atoms with van der Waals surface area (Å²) in [6, 6.07) is 5.78. The van der Waals surface area contributed by atoms with Gasteiger partial charge in [-0.1, -0.05) is 11.6 Å². The summed E-state index contributed by atoms with van der Waals surface area (Å²) in [6.07, 6.45) is 2.95. The largest absolute Gasteiger partial charge is 0.487 e. The van der Waals surface area contributed by atoms with E-state index in [0.29, 0.717) is 0 Å². The van der Waals surface area contributed by atoms with Gasteiger partial charge in [0.05, 0.1) is 0 Å². The van der Waals surface area contributed by atoms with Crippen molar-refractivity contribution in [1.82, 2.24) is 5.32 Å². The first kappa shape index (κ1) is 11.3. The van der Waals surface area contributed by atoms with Crippen molar-refractivity contribution in [2.75, 3.05) is 13.1 Å². The van der Waals surface area contributed by atoms with Crippen molar-refractivity contribution in [3.8, 4) is 5.75 Å². The van der Waals surface area contributed by atoms with Gasteiger partial charge in [-0.3, -0.25) is 0 Å². The minimum absolute atomic E-state index is 0.0375.